The van der Waals surface area contributed by atoms with Crippen molar-refractivity contribution >= 4 is 17.2 Å². The van der Waals surface area contributed by atoms with Crippen LogP contribution >= 0.6 is 11.3 Å². The Morgan fingerprint density at radius 1 is 1.36 bits per heavy atom. The molecule has 0 aromatic carbocycles. The smallest absolute Gasteiger partial charge is 0.344 e. The number of carbonyl (C=O) groups excluding carboxylic acids is 1. The van der Waals surface area contributed by atoms with Crippen LogP contribution in [0.5, 0.6) is 0 Å². The maximum absolute atomic E-state index is 12.8. The zero-order valence-electron chi connectivity index (χ0n) is 13.9. The molecule has 1 N–H and O–H groups in total. The van der Waals surface area contributed by atoms with Crippen LogP contribution in [0.3, 0.4) is 0 Å². The van der Waals surface area contributed by atoms with Gasteiger partial charge in [-0.25, -0.2) is 4.98 Å². The summed E-state index contributed by atoms with van der Waals surface area (Å²) < 4.78 is 38.3. The van der Waals surface area contributed by atoms with E-state index in [-0.39, 0.29) is 16.8 Å². The second kappa shape index (κ2) is 6.40. The largest absolute Gasteiger partial charge is 0.434 e. The van der Waals surface area contributed by atoms with E-state index >= 15 is 0 Å². The highest BCUT2D eigenvalue weighted by Crippen LogP contribution is 2.35. The summed E-state index contributed by atoms with van der Waals surface area (Å²) in [4.78, 5) is 20.8. The summed E-state index contributed by atoms with van der Waals surface area (Å²) in [6.45, 7) is 3.32. The van der Waals surface area contributed by atoms with Gasteiger partial charge in [0.15, 0.2) is 5.69 Å². The van der Waals surface area contributed by atoms with E-state index in [0.717, 1.165) is 40.8 Å². The first kappa shape index (κ1) is 17.8. The molecule has 134 valence electrons. The zero-order valence-corrected chi connectivity index (χ0v) is 14.7. The van der Waals surface area contributed by atoms with E-state index in [2.05, 4.69) is 15.3 Å². The van der Waals surface area contributed by atoms with Gasteiger partial charge in [0.05, 0.1) is 17.2 Å². The molecular weight excluding hydrogens is 351 g/mol. The van der Waals surface area contributed by atoms with E-state index in [4.69, 9.17) is 0 Å². The summed E-state index contributed by atoms with van der Waals surface area (Å²) >= 11 is 0.896. The zero-order chi connectivity index (χ0) is 18.2. The number of pyridine rings is 1. The van der Waals surface area contributed by atoms with Crippen LogP contribution in [0.25, 0.3) is 0 Å². The van der Waals surface area contributed by atoms with Gasteiger partial charge in [-0.05, 0) is 44.7 Å². The molecule has 0 aliphatic heterocycles. The maximum atomic E-state index is 12.8. The van der Waals surface area contributed by atoms with Gasteiger partial charge in [0.1, 0.15) is 5.01 Å². The van der Waals surface area contributed by atoms with Crippen LogP contribution in [0.4, 0.5) is 13.2 Å². The molecule has 0 fully saturated rings. The highest BCUT2D eigenvalue weighted by Gasteiger charge is 2.37. The molecule has 1 atom stereocenters. The van der Waals surface area contributed by atoms with Gasteiger partial charge >= 0.3 is 6.18 Å². The van der Waals surface area contributed by atoms with Gasteiger partial charge in [-0.1, -0.05) is 6.07 Å². The molecule has 1 amide bonds. The van der Waals surface area contributed by atoms with Crippen LogP contribution in [-0.2, 0) is 22.9 Å². The minimum atomic E-state index is -4.49. The van der Waals surface area contributed by atoms with Gasteiger partial charge in [-0.3, -0.25) is 9.78 Å². The number of rotatable bonds is 3. The Bertz CT molecular complexity index is 785. The van der Waals surface area contributed by atoms with Crippen LogP contribution in [-0.4, -0.2) is 15.9 Å². The van der Waals surface area contributed by atoms with E-state index in [1.807, 2.05) is 12.1 Å². The Morgan fingerprint density at radius 2 is 2.12 bits per heavy atom. The van der Waals surface area contributed by atoms with Crippen molar-refractivity contribution in [2.75, 3.05) is 0 Å². The third kappa shape index (κ3) is 3.68. The van der Waals surface area contributed by atoms with Crippen LogP contribution < -0.4 is 5.32 Å². The Labute approximate surface area is 147 Å². The average Bonchev–Trinajstić information content (AvgIpc) is 3.05. The first-order valence-corrected chi connectivity index (χ1v) is 8.85. The van der Waals surface area contributed by atoms with Crippen LogP contribution in [0, 0.1) is 0 Å². The SMILES string of the molecule is CC(C)(NC(=O)C1CCCc2cccnc21)c1nc(C(F)(F)F)cs1. The Hall–Kier alpha value is -1.96. The molecule has 0 saturated carbocycles. The van der Waals surface area contributed by atoms with E-state index in [1.54, 1.807) is 20.0 Å². The number of alkyl halides is 3. The lowest BCUT2D eigenvalue weighted by Gasteiger charge is -2.29. The molecule has 1 unspecified atom stereocenters. The fourth-order valence-corrected chi connectivity index (χ4v) is 3.91. The van der Waals surface area contributed by atoms with Crippen molar-refractivity contribution in [1.82, 2.24) is 15.3 Å². The molecule has 0 bridgehead atoms. The molecule has 25 heavy (non-hydrogen) atoms. The Morgan fingerprint density at radius 3 is 2.80 bits per heavy atom. The summed E-state index contributed by atoms with van der Waals surface area (Å²) in [7, 11) is 0. The number of halogens is 3. The number of amides is 1. The summed E-state index contributed by atoms with van der Waals surface area (Å²) in [5, 5.41) is 4.05. The molecule has 2 aromatic rings. The number of fused-ring (bicyclic) bond motifs is 1. The summed E-state index contributed by atoms with van der Waals surface area (Å²) in [6, 6.07) is 3.81. The Kier molecular flexibility index (Phi) is 4.57. The van der Waals surface area contributed by atoms with Crippen LogP contribution in [0.1, 0.15) is 54.6 Å². The lowest BCUT2D eigenvalue weighted by Crippen LogP contribution is -2.44. The molecule has 1 aliphatic carbocycles. The highest BCUT2D eigenvalue weighted by atomic mass is 32.1. The molecule has 2 heterocycles. The van der Waals surface area contributed by atoms with Gasteiger partial charge in [-0.2, -0.15) is 13.2 Å². The topological polar surface area (TPSA) is 54.9 Å². The van der Waals surface area contributed by atoms with Crippen molar-refractivity contribution in [3.8, 4) is 0 Å². The molecule has 0 spiro atoms. The highest BCUT2D eigenvalue weighted by molar-refractivity contribution is 7.09. The van der Waals surface area contributed by atoms with Crippen molar-refractivity contribution in [3.05, 3.63) is 45.7 Å². The number of hydrogen-bond donors (Lipinski definition) is 1. The fourth-order valence-electron chi connectivity index (χ4n) is 3.00. The molecular formula is C17H18F3N3OS. The van der Waals surface area contributed by atoms with E-state index in [0.29, 0.717) is 6.42 Å². The lowest BCUT2D eigenvalue weighted by atomic mass is 9.85. The predicted octanol–water partition coefficient (Wildman–Crippen LogP) is 4.03. The average molecular weight is 369 g/mol. The number of aromatic nitrogens is 2. The quantitative estimate of drug-likeness (QED) is 0.889. The molecule has 3 rings (SSSR count). The minimum absolute atomic E-state index is 0.227. The number of carbonyl (C=O) groups is 1. The van der Waals surface area contributed by atoms with E-state index in [9.17, 15) is 18.0 Å². The number of hydrogen-bond acceptors (Lipinski definition) is 4. The predicted molar refractivity (Wildman–Crippen MR) is 88.2 cm³/mol. The Balaban J connectivity index is 1.79. The molecule has 0 saturated heterocycles. The van der Waals surface area contributed by atoms with E-state index in [1.165, 1.54) is 0 Å². The fraction of sp³-hybridized carbons (Fsp3) is 0.471. The van der Waals surface area contributed by atoms with Gasteiger partial charge in [-0.15, -0.1) is 11.3 Å². The van der Waals surface area contributed by atoms with Crippen molar-refractivity contribution < 1.29 is 18.0 Å². The summed E-state index contributed by atoms with van der Waals surface area (Å²) in [5.74, 6) is -0.611. The maximum Gasteiger partial charge on any atom is 0.434 e. The normalized spacial score (nSPS) is 17.9. The number of aryl methyl sites for hydroxylation is 1. The molecule has 2 aromatic heterocycles. The number of nitrogens with one attached hydrogen (secondary N) is 1. The van der Waals surface area contributed by atoms with Gasteiger partial charge in [0, 0.05) is 11.6 Å². The summed E-state index contributed by atoms with van der Waals surface area (Å²) in [5.41, 5.74) is -0.102. The second-order valence-corrected chi connectivity index (χ2v) is 7.50. The van der Waals surface area contributed by atoms with E-state index < -0.39 is 17.4 Å². The van der Waals surface area contributed by atoms with Gasteiger partial charge < -0.3 is 5.32 Å². The standard InChI is InChI=1S/C17H18F3N3OS/c1-16(2,15-22-12(9-25-15)17(18,19)20)23-14(24)11-7-3-5-10-6-4-8-21-13(10)11/h4,6,8-9,11H,3,5,7H2,1-2H3,(H,23,24). The van der Waals surface area contributed by atoms with Crippen molar-refractivity contribution in [2.45, 2.75) is 50.7 Å². The number of thiazole rings is 1. The van der Waals surface area contributed by atoms with Crippen molar-refractivity contribution in [1.29, 1.82) is 0 Å². The van der Waals surface area contributed by atoms with Crippen molar-refractivity contribution in [3.63, 3.8) is 0 Å². The monoisotopic (exact) mass is 369 g/mol. The minimum Gasteiger partial charge on any atom is -0.344 e. The van der Waals surface area contributed by atoms with Crippen molar-refractivity contribution in [2.24, 2.45) is 0 Å². The summed E-state index contributed by atoms with van der Waals surface area (Å²) in [6.07, 6.45) is -0.380. The third-order valence-electron chi connectivity index (χ3n) is 4.28. The molecule has 4 nitrogen and oxygen atoms in total. The molecule has 1 aliphatic rings. The first-order chi connectivity index (χ1) is 11.7. The second-order valence-electron chi connectivity index (χ2n) is 6.64. The van der Waals surface area contributed by atoms with Crippen LogP contribution in [0.15, 0.2) is 23.7 Å². The third-order valence-corrected chi connectivity index (χ3v) is 5.44. The van der Waals surface area contributed by atoms with Crippen LogP contribution in [0.2, 0.25) is 0 Å². The lowest BCUT2D eigenvalue weighted by molar-refractivity contribution is -0.140. The van der Waals surface area contributed by atoms with Gasteiger partial charge in [0.2, 0.25) is 5.91 Å². The van der Waals surface area contributed by atoms with Gasteiger partial charge in [0.25, 0.3) is 0 Å². The molecule has 0 radical (unpaired) electrons. The molecule has 8 heteroatoms. The number of nitrogens with zero attached hydrogens (tertiary/aromatic N) is 2. The first-order valence-electron chi connectivity index (χ1n) is 7.97.